The van der Waals surface area contributed by atoms with Gasteiger partial charge in [0, 0.05) is 4.47 Å². The van der Waals surface area contributed by atoms with Gasteiger partial charge in [-0.15, -0.1) is 0 Å². The Hall–Kier alpha value is -2.66. The fraction of sp³-hybridized carbons (Fsp3) is 0. The monoisotopic (exact) mass is 386 g/mol. The van der Waals surface area contributed by atoms with Crippen molar-refractivity contribution in [1.82, 2.24) is 0 Å². The number of carbonyl (C=O) groups is 1. The molecule has 3 aromatic carbocycles. The van der Waals surface area contributed by atoms with Crippen molar-refractivity contribution >= 4 is 21.9 Å². The maximum absolute atomic E-state index is 13.8. The van der Waals surface area contributed by atoms with Gasteiger partial charge in [-0.05, 0) is 47.5 Å². The lowest BCUT2D eigenvalue weighted by molar-refractivity contribution is 0.0697. The second-order valence-electron chi connectivity index (χ2n) is 5.05. The lowest BCUT2D eigenvalue weighted by Crippen LogP contribution is -1.98. The summed E-state index contributed by atoms with van der Waals surface area (Å²) < 4.78 is 20.0. The van der Waals surface area contributed by atoms with E-state index in [0.717, 1.165) is 5.56 Å². The Morgan fingerprint density at radius 1 is 1.00 bits per heavy atom. The number of hydrogen-bond donors (Lipinski definition) is 1. The average Bonchev–Trinajstić information content (AvgIpc) is 2.58. The summed E-state index contributed by atoms with van der Waals surface area (Å²) in [7, 11) is 0. The maximum Gasteiger partial charge on any atom is 0.336 e. The van der Waals surface area contributed by atoms with Crippen LogP contribution in [-0.2, 0) is 0 Å². The van der Waals surface area contributed by atoms with E-state index in [-0.39, 0.29) is 11.3 Å². The van der Waals surface area contributed by atoms with Gasteiger partial charge in [0.25, 0.3) is 0 Å². The van der Waals surface area contributed by atoms with Gasteiger partial charge in [-0.25, -0.2) is 9.18 Å². The fourth-order valence-electron chi connectivity index (χ4n) is 2.31. The van der Waals surface area contributed by atoms with Crippen LogP contribution in [0.1, 0.15) is 10.4 Å². The molecule has 0 radical (unpaired) electrons. The highest BCUT2D eigenvalue weighted by Gasteiger charge is 2.11. The van der Waals surface area contributed by atoms with Crippen molar-refractivity contribution < 1.29 is 19.0 Å². The molecule has 0 unspecified atom stereocenters. The van der Waals surface area contributed by atoms with E-state index < -0.39 is 11.8 Å². The van der Waals surface area contributed by atoms with Gasteiger partial charge >= 0.3 is 5.97 Å². The van der Waals surface area contributed by atoms with Gasteiger partial charge in [-0.1, -0.05) is 46.3 Å². The van der Waals surface area contributed by atoms with Gasteiger partial charge in [0.05, 0.1) is 5.56 Å². The molecule has 0 atom stereocenters. The Balaban J connectivity index is 1.87. The lowest BCUT2D eigenvalue weighted by atomic mass is 10.00. The molecule has 0 fully saturated rings. The zero-order valence-electron chi connectivity index (χ0n) is 12.4. The molecule has 0 saturated carbocycles. The molecule has 0 aliphatic carbocycles. The third-order valence-electron chi connectivity index (χ3n) is 3.44. The van der Waals surface area contributed by atoms with E-state index in [0.29, 0.717) is 15.8 Å². The van der Waals surface area contributed by atoms with Crippen LogP contribution in [0.25, 0.3) is 11.1 Å². The van der Waals surface area contributed by atoms with E-state index in [1.165, 1.54) is 12.1 Å². The molecule has 0 saturated heterocycles. The minimum absolute atomic E-state index is 0.122. The van der Waals surface area contributed by atoms with Crippen LogP contribution in [0.5, 0.6) is 11.5 Å². The number of carboxylic acids is 1. The molecule has 0 spiro atoms. The molecule has 0 heterocycles. The van der Waals surface area contributed by atoms with E-state index in [4.69, 9.17) is 4.74 Å². The van der Waals surface area contributed by atoms with Crippen molar-refractivity contribution in [3.8, 4) is 22.6 Å². The Bertz CT molecular complexity index is 891. The van der Waals surface area contributed by atoms with Crippen LogP contribution in [0, 0.1) is 5.82 Å². The second kappa shape index (κ2) is 6.84. The van der Waals surface area contributed by atoms with Gasteiger partial charge < -0.3 is 9.84 Å². The van der Waals surface area contributed by atoms with E-state index >= 15 is 0 Å². The second-order valence-corrected chi connectivity index (χ2v) is 5.97. The zero-order chi connectivity index (χ0) is 17.1. The predicted octanol–water partition coefficient (Wildman–Crippen LogP) is 5.75. The topological polar surface area (TPSA) is 46.5 Å². The number of carboxylic acid groups (broad SMARTS) is 1. The fourth-order valence-corrected chi connectivity index (χ4v) is 2.64. The molecule has 0 aliphatic heterocycles. The molecule has 0 amide bonds. The molecule has 3 aromatic rings. The molecule has 1 N–H and O–H groups in total. The zero-order valence-corrected chi connectivity index (χ0v) is 14.0. The molecule has 5 heteroatoms. The number of halogens is 2. The summed E-state index contributed by atoms with van der Waals surface area (Å²) in [4.78, 5) is 11.3. The average molecular weight is 387 g/mol. The van der Waals surface area contributed by atoms with Gasteiger partial charge in [0.2, 0.25) is 0 Å². The molecule has 3 rings (SSSR count). The van der Waals surface area contributed by atoms with Crippen LogP contribution in [0.15, 0.2) is 71.2 Å². The summed E-state index contributed by atoms with van der Waals surface area (Å²) in [6, 6.07) is 18.2. The van der Waals surface area contributed by atoms with Crippen LogP contribution < -0.4 is 4.74 Å². The van der Waals surface area contributed by atoms with Crippen LogP contribution in [0.4, 0.5) is 4.39 Å². The summed E-state index contributed by atoms with van der Waals surface area (Å²) in [5, 5.41) is 9.26. The van der Waals surface area contributed by atoms with E-state index in [2.05, 4.69) is 15.9 Å². The highest BCUT2D eigenvalue weighted by Crippen LogP contribution is 2.30. The standard InChI is InChI=1S/C19H12BrFO3/c20-13-7-10-18(17(21)11-13)24-14-8-5-12(6-9-14)15-3-1-2-4-16(15)19(22)23/h1-11H,(H,22,23). The molecular formula is C19H12BrFO3. The van der Waals surface area contributed by atoms with Crippen molar-refractivity contribution in [3.63, 3.8) is 0 Å². The number of ether oxygens (including phenoxy) is 1. The number of hydrogen-bond acceptors (Lipinski definition) is 2. The van der Waals surface area contributed by atoms with Crippen LogP contribution in [0.3, 0.4) is 0 Å². The Morgan fingerprint density at radius 2 is 1.71 bits per heavy atom. The first kappa shape index (κ1) is 16.2. The van der Waals surface area contributed by atoms with Crippen molar-refractivity contribution in [2.75, 3.05) is 0 Å². The van der Waals surface area contributed by atoms with Crippen molar-refractivity contribution in [3.05, 3.63) is 82.6 Å². The third kappa shape index (κ3) is 3.46. The Kier molecular flexibility index (Phi) is 4.62. The SMILES string of the molecule is O=C(O)c1ccccc1-c1ccc(Oc2ccc(Br)cc2F)cc1. The van der Waals surface area contributed by atoms with Crippen molar-refractivity contribution in [2.24, 2.45) is 0 Å². The molecule has 0 bridgehead atoms. The van der Waals surface area contributed by atoms with Gasteiger partial charge in [0.15, 0.2) is 11.6 Å². The smallest absolute Gasteiger partial charge is 0.336 e. The predicted molar refractivity (Wildman–Crippen MR) is 93.0 cm³/mol. The Morgan fingerprint density at radius 3 is 2.38 bits per heavy atom. The highest BCUT2D eigenvalue weighted by molar-refractivity contribution is 9.10. The molecule has 0 aliphatic rings. The minimum Gasteiger partial charge on any atom is -0.478 e. The van der Waals surface area contributed by atoms with Gasteiger partial charge in [0.1, 0.15) is 5.75 Å². The highest BCUT2D eigenvalue weighted by atomic mass is 79.9. The largest absolute Gasteiger partial charge is 0.478 e. The number of benzene rings is 3. The van der Waals surface area contributed by atoms with Crippen LogP contribution >= 0.6 is 15.9 Å². The minimum atomic E-state index is -0.983. The molecule has 24 heavy (non-hydrogen) atoms. The molecule has 0 aromatic heterocycles. The number of aromatic carboxylic acids is 1. The molecular weight excluding hydrogens is 375 g/mol. The normalized spacial score (nSPS) is 10.4. The number of rotatable bonds is 4. The molecule has 3 nitrogen and oxygen atoms in total. The van der Waals surface area contributed by atoms with E-state index in [1.807, 2.05) is 0 Å². The van der Waals surface area contributed by atoms with Crippen molar-refractivity contribution in [1.29, 1.82) is 0 Å². The van der Waals surface area contributed by atoms with E-state index in [1.54, 1.807) is 54.6 Å². The summed E-state index contributed by atoms with van der Waals surface area (Å²) in [5.41, 5.74) is 1.59. The first-order chi connectivity index (χ1) is 11.5. The third-order valence-corrected chi connectivity index (χ3v) is 3.94. The first-order valence-electron chi connectivity index (χ1n) is 7.10. The molecule has 120 valence electrons. The summed E-state index contributed by atoms with van der Waals surface area (Å²) >= 11 is 3.19. The van der Waals surface area contributed by atoms with Gasteiger partial charge in [-0.3, -0.25) is 0 Å². The quantitative estimate of drug-likeness (QED) is 0.621. The van der Waals surface area contributed by atoms with E-state index in [9.17, 15) is 14.3 Å². The maximum atomic E-state index is 13.8. The van der Waals surface area contributed by atoms with Crippen LogP contribution in [0.2, 0.25) is 0 Å². The van der Waals surface area contributed by atoms with Gasteiger partial charge in [-0.2, -0.15) is 0 Å². The van der Waals surface area contributed by atoms with Crippen molar-refractivity contribution in [2.45, 2.75) is 0 Å². The Labute approximate surface area is 146 Å². The lowest BCUT2D eigenvalue weighted by Gasteiger charge is -2.09. The summed E-state index contributed by atoms with van der Waals surface area (Å²) in [6.45, 7) is 0. The summed E-state index contributed by atoms with van der Waals surface area (Å²) in [6.07, 6.45) is 0. The first-order valence-corrected chi connectivity index (χ1v) is 7.89. The van der Waals surface area contributed by atoms with Crippen LogP contribution in [-0.4, -0.2) is 11.1 Å². The summed E-state index contributed by atoms with van der Waals surface area (Å²) in [5.74, 6) is -0.864.